The Balaban J connectivity index is 1.70. The number of hydrogen-bond acceptors (Lipinski definition) is 5. The van der Waals surface area contributed by atoms with E-state index in [0.717, 1.165) is 18.7 Å². The fourth-order valence-corrected chi connectivity index (χ4v) is 3.93. The molecule has 1 aliphatic heterocycles. The summed E-state index contributed by atoms with van der Waals surface area (Å²) in [5.41, 5.74) is 7.02. The topological polar surface area (TPSA) is 81.4 Å². The van der Waals surface area contributed by atoms with Gasteiger partial charge in [0.15, 0.2) is 9.84 Å². The van der Waals surface area contributed by atoms with E-state index in [0.29, 0.717) is 10.8 Å². The van der Waals surface area contributed by atoms with Crippen LogP contribution in [0.5, 0.6) is 0 Å². The van der Waals surface area contributed by atoms with Crippen LogP contribution >= 0.6 is 0 Å². The molecule has 1 aromatic carbocycles. The van der Waals surface area contributed by atoms with Crippen molar-refractivity contribution in [2.45, 2.75) is 36.4 Å². The zero-order valence-corrected chi connectivity index (χ0v) is 12.3. The number of rotatable bonds is 4. The molecule has 0 amide bonds. The van der Waals surface area contributed by atoms with Gasteiger partial charge >= 0.3 is 0 Å². The summed E-state index contributed by atoms with van der Waals surface area (Å²) in [6, 6.07) is 7.09. The van der Waals surface area contributed by atoms with Gasteiger partial charge in [-0.25, -0.2) is 8.42 Å². The van der Waals surface area contributed by atoms with Crippen molar-refractivity contribution in [2.24, 2.45) is 11.7 Å². The molecular weight excluding hydrogens is 276 g/mol. The Labute approximate surface area is 119 Å². The molecule has 2 fully saturated rings. The van der Waals surface area contributed by atoms with Crippen LogP contribution in [0.15, 0.2) is 29.2 Å². The molecule has 1 heterocycles. The Hall–Kier alpha value is -1.11. The first-order valence-corrected chi connectivity index (χ1v) is 8.64. The van der Waals surface area contributed by atoms with Crippen LogP contribution in [0.1, 0.15) is 13.3 Å². The van der Waals surface area contributed by atoms with Gasteiger partial charge in [-0.1, -0.05) is 6.92 Å². The molecule has 4 unspecified atom stereocenters. The van der Waals surface area contributed by atoms with E-state index in [4.69, 9.17) is 10.5 Å². The highest BCUT2D eigenvalue weighted by Crippen LogP contribution is 2.39. The average molecular weight is 296 g/mol. The molecule has 2 aliphatic rings. The highest BCUT2D eigenvalue weighted by atomic mass is 32.2. The lowest BCUT2D eigenvalue weighted by molar-refractivity contribution is 0.00537. The van der Waals surface area contributed by atoms with E-state index in [1.807, 2.05) is 0 Å². The molecule has 3 N–H and O–H groups in total. The van der Waals surface area contributed by atoms with Crippen molar-refractivity contribution in [1.82, 2.24) is 0 Å². The predicted octanol–water partition coefficient (Wildman–Crippen LogP) is 1.01. The van der Waals surface area contributed by atoms with Crippen molar-refractivity contribution in [3.8, 4) is 0 Å². The molecule has 1 aromatic rings. The minimum Gasteiger partial charge on any atom is -0.378 e. The molecule has 1 saturated heterocycles. The van der Waals surface area contributed by atoms with Gasteiger partial charge < -0.3 is 15.8 Å². The van der Waals surface area contributed by atoms with E-state index >= 15 is 0 Å². The first kappa shape index (κ1) is 13.9. The summed E-state index contributed by atoms with van der Waals surface area (Å²) in [6.45, 7) is 2.43. The monoisotopic (exact) mass is 296 g/mol. The average Bonchev–Trinajstić information content (AvgIpc) is 2.90. The molecule has 3 rings (SSSR count). The second-order valence-corrected chi connectivity index (χ2v) is 7.74. The minimum atomic E-state index is -3.14. The first-order chi connectivity index (χ1) is 9.53. The van der Waals surface area contributed by atoms with E-state index in [1.54, 1.807) is 31.2 Å². The number of hydrogen-bond donors (Lipinski definition) is 2. The maximum Gasteiger partial charge on any atom is 0.178 e. The van der Waals surface area contributed by atoms with Crippen LogP contribution in [0.3, 0.4) is 0 Å². The van der Waals surface area contributed by atoms with E-state index in [-0.39, 0.29) is 23.9 Å². The van der Waals surface area contributed by atoms with Gasteiger partial charge in [-0.3, -0.25) is 0 Å². The number of sulfone groups is 1. The number of nitrogens with two attached hydrogens (primary N) is 1. The summed E-state index contributed by atoms with van der Waals surface area (Å²) in [5, 5.41) is 3.35. The van der Waals surface area contributed by atoms with Gasteiger partial charge in [-0.15, -0.1) is 0 Å². The van der Waals surface area contributed by atoms with Crippen molar-refractivity contribution in [3.05, 3.63) is 24.3 Å². The quantitative estimate of drug-likeness (QED) is 0.866. The summed E-state index contributed by atoms with van der Waals surface area (Å²) in [6.07, 6.45) is 1.24. The molecule has 1 saturated carbocycles. The number of anilines is 1. The van der Waals surface area contributed by atoms with Gasteiger partial charge in [0.1, 0.15) is 0 Å². The molecule has 0 spiro atoms. The van der Waals surface area contributed by atoms with Gasteiger partial charge in [0.05, 0.1) is 22.8 Å². The summed E-state index contributed by atoms with van der Waals surface area (Å²) >= 11 is 0. The fourth-order valence-electron chi connectivity index (χ4n) is 3.05. The molecule has 1 aliphatic carbocycles. The third-order valence-corrected chi connectivity index (χ3v) is 6.12. The van der Waals surface area contributed by atoms with Crippen molar-refractivity contribution < 1.29 is 13.2 Å². The fraction of sp³-hybridized carbons (Fsp3) is 0.571. The minimum absolute atomic E-state index is 0.113. The number of ether oxygens (including phenoxy) is 1. The highest BCUT2D eigenvalue weighted by molar-refractivity contribution is 7.91. The zero-order valence-electron chi connectivity index (χ0n) is 11.5. The standard InChI is InChI=1S/C14H20N2O3S/c1-2-20(17,18)10-5-3-9(4-6-10)16-13-12(15)11-7-8-19-14(11)13/h3-6,11-14,16H,2,7-8,15H2,1H3. The molecule has 0 aromatic heterocycles. The van der Waals surface area contributed by atoms with Crippen LogP contribution in [-0.2, 0) is 14.6 Å². The van der Waals surface area contributed by atoms with Crippen LogP contribution in [0, 0.1) is 5.92 Å². The van der Waals surface area contributed by atoms with Gasteiger partial charge in [0, 0.05) is 24.3 Å². The second kappa shape index (κ2) is 5.02. The van der Waals surface area contributed by atoms with Gasteiger partial charge in [0.2, 0.25) is 0 Å². The van der Waals surface area contributed by atoms with Crippen LogP contribution in [0.25, 0.3) is 0 Å². The lowest BCUT2D eigenvalue weighted by atomic mass is 9.72. The Morgan fingerprint density at radius 2 is 2.05 bits per heavy atom. The molecule has 4 atom stereocenters. The summed E-state index contributed by atoms with van der Waals surface area (Å²) < 4.78 is 29.2. The van der Waals surface area contributed by atoms with E-state index in [2.05, 4.69) is 5.32 Å². The van der Waals surface area contributed by atoms with Crippen LogP contribution < -0.4 is 11.1 Å². The van der Waals surface area contributed by atoms with Crippen LogP contribution in [0.4, 0.5) is 5.69 Å². The molecule has 0 bridgehead atoms. The van der Waals surface area contributed by atoms with Crippen molar-refractivity contribution in [1.29, 1.82) is 0 Å². The highest BCUT2D eigenvalue weighted by Gasteiger charge is 2.52. The molecule has 110 valence electrons. The smallest absolute Gasteiger partial charge is 0.178 e. The van der Waals surface area contributed by atoms with Gasteiger partial charge in [0.25, 0.3) is 0 Å². The number of fused-ring (bicyclic) bond motifs is 1. The number of nitrogens with one attached hydrogen (secondary N) is 1. The Morgan fingerprint density at radius 3 is 2.70 bits per heavy atom. The van der Waals surface area contributed by atoms with Gasteiger partial charge in [-0.05, 0) is 30.7 Å². The third-order valence-electron chi connectivity index (χ3n) is 4.37. The predicted molar refractivity (Wildman–Crippen MR) is 77.4 cm³/mol. The summed E-state index contributed by atoms with van der Waals surface area (Å²) in [5.74, 6) is 0.581. The largest absolute Gasteiger partial charge is 0.378 e. The number of benzene rings is 1. The molecule has 20 heavy (non-hydrogen) atoms. The molecule has 6 heteroatoms. The van der Waals surface area contributed by atoms with Gasteiger partial charge in [-0.2, -0.15) is 0 Å². The third kappa shape index (κ3) is 2.21. The van der Waals surface area contributed by atoms with Crippen molar-refractivity contribution in [2.75, 3.05) is 17.7 Å². The lowest BCUT2D eigenvalue weighted by Crippen LogP contribution is -2.65. The van der Waals surface area contributed by atoms with Crippen LogP contribution in [0.2, 0.25) is 0 Å². The van der Waals surface area contributed by atoms with E-state index < -0.39 is 9.84 Å². The molecule has 5 nitrogen and oxygen atoms in total. The van der Waals surface area contributed by atoms with Crippen molar-refractivity contribution >= 4 is 15.5 Å². The zero-order chi connectivity index (χ0) is 14.3. The lowest BCUT2D eigenvalue weighted by Gasteiger charge is -2.46. The Morgan fingerprint density at radius 1 is 1.35 bits per heavy atom. The van der Waals surface area contributed by atoms with Crippen LogP contribution in [-0.4, -0.2) is 39.0 Å². The second-order valence-electron chi connectivity index (χ2n) is 5.46. The molecule has 0 radical (unpaired) electrons. The SMILES string of the molecule is CCS(=O)(=O)c1ccc(NC2C(N)C3CCOC32)cc1. The summed E-state index contributed by atoms with van der Waals surface area (Å²) in [4.78, 5) is 0.360. The molecular formula is C14H20N2O3S. The summed E-state index contributed by atoms with van der Waals surface area (Å²) in [7, 11) is -3.14. The van der Waals surface area contributed by atoms with Crippen molar-refractivity contribution in [3.63, 3.8) is 0 Å². The van der Waals surface area contributed by atoms with E-state index in [1.165, 1.54) is 0 Å². The van der Waals surface area contributed by atoms with E-state index in [9.17, 15) is 8.42 Å². The first-order valence-electron chi connectivity index (χ1n) is 6.99. The Bertz CT molecular complexity index is 585. The maximum absolute atomic E-state index is 11.7. The normalized spacial score (nSPS) is 32.5. The Kier molecular flexibility index (Phi) is 3.48. The maximum atomic E-state index is 11.7.